The van der Waals surface area contributed by atoms with Crippen LogP contribution >= 0.6 is 7.82 Å². The lowest BCUT2D eigenvalue weighted by Gasteiger charge is -2.24. The predicted octanol–water partition coefficient (Wildman–Crippen LogP) is 12.0. The molecule has 0 aliphatic rings. The fraction of sp³-hybridized carbons (Fsp3) is 0.717. The van der Waals surface area contributed by atoms with E-state index in [4.69, 9.17) is 18.5 Å². The highest BCUT2D eigenvalue weighted by Gasteiger charge is 2.26. The predicted molar refractivity (Wildman–Crippen MR) is 234 cm³/mol. The van der Waals surface area contributed by atoms with Crippen molar-refractivity contribution in [3.63, 3.8) is 0 Å². The fourth-order valence-electron chi connectivity index (χ4n) is 5.40. The van der Waals surface area contributed by atoms with Gasteiger partial charge in [0.25, 0.3) is 0 Å². The number of ether oxygens (including phenoxy) is 2. The summed E-state index contributed by atoms with van der Waals surface area (Å²) in [4.78, 5) is 22.8. The van der Waals surface area contributed by atoms with Crippen molar-refractivity contribution in [1.82, 2.24) is 0 Å². The number of quaternary nitrogens is 1. The number of nitrogens with zero attached hydrogens (tertiary/aromatic N) is 1. The minimum atomic E-state index is -4.32. The van der Waals surface area contributed by atoms with Crippen molar-refractivity contribution in [2.75, 3.05) is 47.5 Å². The molecule has 2 N–H and O–H groups in total. The van der Waals surface area contributed by atoms with Gasteiger partial charge in [-0.2, -0.15) is 0 Å². The van der Waals surface area contributed by atoms with Crippen LogP contribution in [0.15, 0.2) is 73.1 Å². The number of hydrogen-bond acceptors (Lipinski definition) is 7. The number of esters is 1. The standard InChI is InChI=1S/C46H82NO8P/c1-6-8-10-11-12-13-14-15-16-17-20-23-26-29-32-35-40-52-42-45(43-54-56(50,51)53-41-39-47(3,4)5)55-46(49)38-34-31-28-25-22-19-18-21-24-27-30-33-37-44(48)36-9-7-2/h15-16,18-19,24-25,27-28,33,35,37,40,44-45,48H,6-14,17,20-23,26,29-32,34,36,38-39,41-43H2,1-5H3/p+1/b16-15-,19-18-,27-24-,28-25-,37-33-,40-35+/t44-,45-/m1/s1. The number of aliphatic hydroxyl groups is 1. The molecule has 1 unspecified atom stereocenters. The number of phosphoric ester groups is 1. The molecule has 3 atom stereocenters. The molecule has 9 nitrogen and oxygen atoms in total. The normalized spacial score (nSPS) is 15.0. The topological polar surface area (TPSA) is 112 Å². The van der Waals surface area contributed by atoms with Gasteiger partial charge in [-0.25, -0.2) is 4.57 Å². The molecule has 0 aliphatic carbocycles. The minimum absolute atomic E-state index is 0.00644. The number of aliphatic hydroxyl groups excluding tert-OH is 1. The van der Waals surface area contributed by atoms with E-state index in [9.17, 15) is 19.4 Å². The Morgan fingerprint density at radius 1 is 0.643 bits per heavy atom. The van der Waals surface area contributed by atoms with E-state index in [1.807, 2.05) is 39.4 Å². The highest BCUT2D eigenvalue weighted by Crippen LogP contribution is 2.43. The molecule has 0 bridgehead atoms. The van der Waals surface area contributed by atoms with Crippen LogP contribution in [0.25, 0.3) is 0 Å². The number of unbranched alkanes of at least 4 members (excludes halogenated alkanes) is 13. The van der Waals surface area contributed by atoms with E-state index in [2.05, 4.69) is 62.5 Å². The second kappa shape index (κ2) is 38.3. The number of allylic oxidation sites excluding steroid dienone is 10. The largest absolute Gasteiger partial charge is 0.498 e. The van der Waals surface area contributed by atoms with Crippen molar-refractivity contribution in [2.45, 2.75) is 167 Å². The van der Waals surface area contributed by atoms with Gasteiger partial charge in [-0.3, -0.25) is 13.8 Å². The number of likely N-dealkylation sites (N-methyl/N-ethyl adjacent to an activating group) is 1. The van der Waals surface area contributed by atoms with Crippen molar-refractivity contribution < 1.29 is 42.4 Å². The van der Waals surface area contributed by atoms with E-state index >= 15 is 0 Å². The smallest absolute Gasteiger partial charge is 0.472 e. The molecular weight excluding hydrogens is 725 g/mol. The Balaban J connectivity index is 4.46. The summed E-state index contributed by atoms with van der Waals surface area (Å²) in [6.45, 7) is 4.66. The molecule has 0 aromatic rings. The van der Waals surface area contributed by atoms with Crippen LogP contribution in [0.3, 0.4) is 0 Å². The molecule has 0 rings (SSSR count). The highest BCUT2D eigenvalue weighted by atomic mass is 31.2. The second-order valence-corrected chi connectivity index (χ2v) is 17.1. The van der Waals surface area contributed by atoms with Crippen LogP contribution in [-0.2, 0) is 27.9 Å². The molecule has 56 heavy (non-hydrogen) atoms. The average Bonchev–Trinajstić information content (AvgIpc) is 3.15. The molecule has 0 fully saturated rings. The summed E-state index contributed by atoms with van der Waals surface area (Å²) in [5.41, 5.74) is 0. The maximum absolute atomic E-state index is 12.7. The first-order chi connectivity index (χ1) is 27.0. The maximum Gasteiger partial charge on any atom is 0.472 e. The van der Waals surface area contributed by atoms with Crippen LogP contribution in [0.4, 0.5) is 0 Å². The summed E-state index contributed by atoms with van der Waals surface area (Å²) in [6.07, 6.45) is 46.6. The molecule has 10 heteroatoms. The quantitative estimate of drug-likeness (QED) is 0.0158. The van der Waals surface area contributed by atoms with E-state index in [0.29, 0.717) is 17.4 Å². The van der Waals surface area contributed by atoms with Gasteiger partial charge in [0, 0.05) is 6.42 Å². The van der Waals surface area contributed by atoms with Gasteiger partial charge in [-0.05, 0) is 83.1 Å². The summed E-state index contributed by atoms with van der Waals surface area (Å²) in [7, 11) is 1.56. The molecule has 0 saturated carbocycles. The zero-order valence-electron chi connectivity index (χ0n) is 36.2. The first-order valence-electron chi connectivity index (χ1n) is 21.8. The zero-order chi connectivity index (χ0) is 41.4. The molecule has 0 aromatic carbocycles. The Labute approximate surface area is 343 Å². The Hall–Kier alpha value is -2.26. The lowest BCUT2D eigenvalue weighted by molar-refractivity contribution is -0.870. The monoisotopic (exact) mass is 809 g/mol. The van der Waals surface area contributed by atoms with E-state index in [1.165, 1.54) is 57.8 Å². The van der Waals surface area contributed by atoms with Gasteiger partial charge in [-0.1, -0.05) is 132 Å². The Kier molecular flexibility index (Phi) is 36.7. The maximum atomic E-state index is 12.7. The molecule has 324 valence electrons. The van der Waals surface area contributed by atoms with Crippen molar-refractivity contribution in [2.24, 2.45) is 0 Å². The van der Waals surface area contributed by atoms with Crippen LogP contribution in [0, 0.1) is 0 Å². The molecule has 0 aliphatic heterocycles. The van der Waals surface area contributed by atoms with Gasteiger partial charge in [0.2, 0.25) is 0 Å². The van der Waals surface area contributed by atoms with Crippen LogP contribution in [0.2, 0.25) is 0 Å². The van der Waals surface area contributed by atoms with Gasteiger partial charge in [0.15, 0.2) is 6.10 Å². The third-order valence-corrected chi connectivity index (χ3v) is 9.86. The van der Waals surface area contributed by atoms with Gasteiger partial charge in [0.1, 0.15) is 19.8 Å². The Morgan fingerprint density at radius 3 is 1.77 bits per heavy atom. The van der Waals surface area contributed by atoms with Crippen LogP contribution in [0.1, 0.15) is 155 Å². The minimum Gasteiger partial charge on any atom is -0.498 e. The third kappa shape index (κ3) is 41.4. The number of rotatable bonds is 39. The summed E-state index contributed by atoms with van der Waals surface area (Å²) in [5.74, 6) is -0.410. The molecule has 0 heterocycles. The average molecular weight is 809 g/mol. The van der Waals surface area contributed by atoms with E-state index < -0.39 is 19.9 Å². The van der Waals surface area contributed by atoms with Crippen LogP contribution in [0.5, 0.6) is 0 Å². The molecule has 0 radical (unpaired) electrons. The Bertz CT molecular complexity index is 1140. The summed E-state index contributed by atoms with van der Waals surface area (Å²) < 4.78 is 34.6. The van der Waals surface area contributed by atoms with Crippen molar-refractivity contribution >= 4 is 13.8 Å². The fourth-order valence-corrected chi connectivity index (χ4v) is 6.15. The first-order valence-corrected chi connectivity index (χ1v) is 23.3. The SMILES string of the molecule is CCCCCCCC/C=C\CCCCCC/C=C/OC[C@H](COP(=O)(O)OCC[N+](C)(C)C)OC(=O)CCC/C=C\C/C=C\C/C=C\C/C=C\[C@H](O)CCCC. The first kappa shape index (κ1) is 53.7. The van der Waals surface area contributed by atoms with Gasteiger partial charge in [-0.15, -0.1) is 0 Å². The molecule has 0 aromatic heterocycles. The third-order valence-electron chi connectivity index (χ3n) is 8.88. The second-order valence-electron chi connectivity index (χ2n) is 15.6. The summed E-state index contributed by atoms with van der Waals surface area (Å²) >= 11 is 0. The summed E-state index contributed by atoms with van der Waals surface area (Å²) in [6, 6.07) is 0. The number of phosphoric acid groups is 1. The van der Waals surface area contributed by atoms with Gasteiger partial charge in [0.05, 0.1) is 40.1 Å². The Morgan fingerprint density at radius 2 is 1.16 bits per heavy atom. The lowest BCUT2D eigenvalue weighted by atomic mass is 10.1. The number of hydrogen-bond donors (Lipinski definition) is 2. The van der Waals surface area contributed by atoms with Gasteiger partial charge >= 0.3 is 13.8 Å². The van der Waals surface area contributed by atoms with Crippen molar-refractivity contribution in [1.29, 1.82) is 0 Å². The zero-order valence-corrected chi connectivity index (χ0v) is 37.1. The molecule has 0 amide bonds. The van der Waals surface area contributed by atoms with Crippen LogP contribution in [-0.4, -0.2) is 80.2 Å². The highest BCUT2D eigenvalue weighted by molar-refractivity contribution is 7.47. The van der Waals surface area contributed by atoms with E-state index in [0.717, 1.165) is 70.6 Å². The van der Waals surface area contributed by atoms with Crippen LogP contribution < -0.4 is 0 Å². The van der Waals surface area contributed by atoms with Crippen molar-refractivity contribution in [3.8, 4) is 0 Å². The lowest BCUT2D eigenvalue weighted by Crippen LogP contribution is -2.37. The molecule has 0 spiro atoms. The van der Waals surface area contributed by atoms with Gasteiger partial charge < -0.3 is 24.0 Å². The summed E-state index contributed by atoms with van der Waals surface area (Å²) in [5, 5.41) is 9.83. The van der Waals surface area contributed by atoms with E-state index in [1.54, 1.807) is 6.26 Å². The van der Waals surface area contributed by atoms with E-state index in [-0.39, 0.29) is 32.3 Å². The molecular formula is C46H83NO8P+. The number of carbonyl (C=O) groups is 1. The number of carbonyl (C=O) groups excluding carboxylic acids is 1. The van der Waals surface area contributed by atoms with Crippen molar-refractivity contribution in [3.05, 3.63) is 73.1 Å². The molecule has 0 saturated heterocycles.